The molecule has 0 aliphatic carbocycles. The fourth-order valence-corrected chi connectivity index (χ4v) is 3.06. The van der Waals surface area contributed by atoms with Gasteiger partial charge in [0.05, 0.1) is 5.02 Å². The molecule has 0 radical (unpaired) electrons. The van der Waals surface area contributed by atoms with Gasteiger partial charge in [-0.3, -0.25) is 4.79 Å². The van der Waals surface area contributed by atoms with Crippen LogP contribution in [0.4, 0.5) is 5.69 Å². The van der Waals surface area contributed by atoms with Crippen LogP contribution in [0, 0.1) is 6.92 Å². The van der Waals surface area contributed by atoms with Gasteiger partial charge in [0.15, 0.2) is 6.61 Å². The van der Waals surface area contributed by atoms with E-state index in [0.29, 0.717) is 22.0 Å². The van der Waals surface area contributed by atoms with Crippen LogP contribution >= 0.6 is 27.5 Å². The standard InChI is InChI=1S/C18H13BrClNO4/c1-10-6-18(23)25-16-8-12(3-4-13(10)16)21-17(22)9-24-15-5-2-11(19)7-14(15)20/h2-8H,9H2,1H3,(H,21,22). The number of benzene rings is 2. The normalized spacial score (nSPS) is 10.7. The largest absolute Gasteiger partial charge is 0.482 e. The number of nitrogens with one attached hydrogen (secondary N) is 1. The molecule has 3 aromatic rings. The number of amides is 1. The number of halogens is 2. The van der Waals surface area contributed by atoms with E-state index < -0.39 is 5.63 Å². The molecule has 0 saturated heterocycles. The topological polar surface area (TPSA) is 68.5 Å². The Balaban J connectivity index is 1.70. The molecule has 3 rings (SSSR count). The highest BCUT2D eigenvalue weighted by molar-refractivity contribution is 9.10. The third kappa shape index (κ3) is 4.21. The van der Waals surface area contributed by atoms with Crippen molar-refractivity contribution < 1.29 is 13.9 Å². The van der Waals surface area contributed by atoms with Gasteiger partial charge in [-0.25, -0.2) is 4.79 Å². The summed E-state index contributed by atoms with van der Waals surface area (Å²) in [5.74, 6) is 0.0634. The van der Waals surface area contributed by atoms with Gasteiger partial charge in [-0.1, -0.05) is 27.5 Å². The number of hydrogen-bond acceptors (Lipinski definition) is 4. The van der Waals surface area contributed by atoms with Crippen LogP contribution in [0.15, 0.2) is 56.1 Å². The average molecular weight is 423 g/mol. The van der Waals surface area contributed by atoms with Crippen LogP contribution in [0.2, 0.25) is 5.02 Å². The molecule has 1 heterocycles. The summed E-state index contributed by atoms with van der Waals surface area (Å²) in [6.07, 6.45) is 0. The molecule has 1 amide bonds. The molecule has 1 aromatic heterocycles. The van der Waals surface area contributed by atoms with Gasteiger partial charge in [-0.15, -0.1) is 0 Å². The highest BCUT2D eigenvalue weighted by Crippen LogP contribution is 2.27. The van der Waals surface area contributed by atoms with E-state index in [1.807, 2.05) is 6.92 Å². The van der Waals surface area contributed by atoms with Crippen LogP contribution in [0.25, 0.3) is 11.0 Å². The van der Waals surface area contributed by atoms with Crippen molar-refractivity contribution in [3.63, 3.8) is 0 Å². The predicted molar refractivity (Wildman–Crippen MR) is 100 cm³/mol. The predicted octanol–water partition coefficient (Wildman–Crippen LogP) is 4.53. The van der Waals surface area contributed by atoms with Crippen LogP contribution in [0.3, 0.4) is 0 Å². The lowest BCUT2D eigenvalue weighted by molar-refractivity contribution is -0.118. The van der Waals surface area contributed by atoms with Crippen molar-refractivity contribution in [1.29, 1.82) is 0 Å². The van der Waals surface area contributed by atoms with Crippen molar-refractivity contribution in [2.45, 2.75) is 6.92 Å². The van der Waals surface area contributed by atoms with E-state index in [1.54, 1.807) is 36.4 Å². The van der Waals surface area contributed by atoms with Crippen LogP contribution in [-0.4, -0.2) is 12.5 Å². The van der Waals surface area contributed by atoms with Crippen LogP contribution in [-0.2, 0) is 4.79 Å². The van der Waals surface area contributed by atoms with E-state index in [1.165, 1.54) is 6.07 Å². The minimum Gasteiger partial charge on any atom is -0.482 e. The van der Waals surface area contributed by atoms with Gasteiger partial charge < -0.3 is 14.5 Å². The molecule has 0 unspecified atom stereocenters. The molecule has 0 aliphatic rings. The third-order valence-electron chi connectivity index (χ3n) is 3.49. The Hall–Kier alpha value is -2.31. The molecule has 0 aliphatic heterocycles. The molecular weight excluding hydrogens is 410 g/mol. The zero-order valence-corrected chi connectivity index (χ0v) is 15.5. The number of fused-ring (bicyclic) bond motifs is 1. The minimum absolute atomic E-state index is 0.197. The minimum atomic E-state index is -0.429. The summed E-state index contributed by atoms with van der Waals surface area (Å²) in [6.45, 7) is 1.63. The zero-order chi connectivity index (χ0) is 18.0. The molecule has 7 heteroatoms. The van der Waals surface area contributed by atoms with E-state index >= 15 is 0 Å². The molecule has 25 heavy (non-hydrogen) atoms. The summed E-state index contributed by atoms with van der Waals surface area (Å²) in [4.78, 5) is 23.5. The number of anilines is 1. The van der Waals surface area contributed by atoms with Gasteiger partial charge in [0.1, 0.15) is 11.3 Å². The molecule has 1 N–H and O–H groups in total. The maximum atomic E-state index is 12.1. The maximum Gasteiger partial charge on any atom is 0.336 e. The summed E-state index contributed by atoms with van der Waals surface area (Å²) in [5.41, 5.74) is 1.32. The van der Waals surface area contributed by atoms with Gasteiger partial charge in [0.25, 0.3) is 5.91 Å². The van der Waals surface area contributed by atoms with Crippen molar-refractivity contribution in [2.75, 3.05) is 11.9 Å². The fourth-order valence-electron chi connectivity index (χ4n) is 2.34. The van der Waals surface area contributed by atoms with Gasteiger partial charge >= 0.3 is 5.63 Å². The van der Waals surface area contributed by atoms with Crippen LogP contribution in [0.5, 0.6) is 5.75 Å². The lowest BCUT2D eigenvalue weighted by Crippen LogP contribution is -2.20. The maximum absolute atomic E-state index is 12.1. The molecule has 128 valence electrons. The first-order valence-electron chi connectivity index (χ1n) is 7.34. The first kappa shape index (κ1) is 17.5. The molecular formula is C18H13BrClNO4. The Morgan fingerprint density at radius 1 is 1.24 bits per heavy atom. The van der Waals surface area contributed by atoms with Gasteiger partial charge in [0.2, 0.25) is 0 Å². The first-order chi connectivity index (χ1) is 11.9. The number of carbonyl (C=O) groups is 1. The molecule has 0 saturated carbocycles. The average Bonchev–Trinajstić information content (AvgIpc) is 2.53. The van der Waals surface area contributed by atoms with Gasteiger partial charge in [-0.2, -0.15) is 0 Å². The van der Waals surface area contributed by atoms with E-state index in [2.05, 4.69) is 21.2 Å². The van der Waals surface area contributed by atoms with Crippen molar-refractivity contribution in [1.82, 2.24) is 0 Å². The number of rotatable bonds is 4. The molecule has 0 spiro atoms. The summed E-state index contributed by atoms with van der Waals surface area (Å²) in [5, 5.41) is 3.92. The highest BCUT2D eigenvalue weighted by atomic mass is 79.9. The van der Waals surface area contributed by atoms with E-state index in [0.717, 1.165) is 15.4 Å². The van der Waals surface area contributed by atoms with Crippen molar-refractivity contribution in [2.24, 2.45) is 0 Å². The molecule has 2 aromatic carbocycles. The second kappa shape index (κ2) is 7.29. The SMILES string of the molecule is Cc1cc(=O)oc2cc(NC(=O)COc3ccc(Br)cc3Cl)ccc12. The summed E-state index contributed by atoms with van der Waals surface area (Å²) in [7, 11) is 0. The van der Waals surface area contributed by atoms with Crippen LogP contribution in [0.1, 0.15) is 5.56 Å². The number of aryl methyl sites for hydroxylation is 1. The number of hydrogen-bond donors (Lipinski definition) is 1. The third-order valence-corrected chi connectivity index (χ3v) is 4.28. The summed E-state index contributed by atoms with van der Waals surface area (Å²) < 4.78 is 11.4. The number of carbonyl (C=O) groups excluding carboxylic acids is 1. The second-order valence-corrected chi connectivity index (χ2v) is 6.69. The Kier molecular flexibility index (Phi) is 5.11. The molecule has 0 atom stereocenters. The summed E-state index contributed by atoms with van der Waals surface area (Å²) in [6, 6.07) is 11.7. The second-order valence-electron chi connectivity index (χ2n) is 5.37. The quantitative estimate of drug-likeness (QED) is 0.627. The Morgan fingerprint density at radius 2 is 2.04 bits per heavy atom. The van der Waals surface area contributed by atoms with Gasteiger partial charge in [0, 0.05) is 27.7 Å². The Bertz CT molecular complexity index is 1020. The van der Waals surface area contributed by atoms with Gasteiger partial charge in [-0.05, 0) is 42.8 Å². The highest BCUT2D eigenvalue weighted by Gasteiger charge is 2.09. The molecule has 0 bridgehead atoms. The lowest BCUT2D eigenvalue weighted by atomic mass is 10.1. The van der Waals surface area contributed by atoms with E-state index in [-0.39, 0.29) is 12.5 Å². The van der Waals surface area contributed by atoms with E-state index in [4.69, 9.17) is 20.8 Å². The molecule has 5 nitrogen and oxygen atoms in total. The lowest BCUT2D eigenvalue weighted by Gasteiger charge is -2.09. The van der Waals surface area contributed by atoms with Crippen LogP contribution < -0.4 is 15.7 Å². The van der Waals surface area contributed by atoms with E-state index in [9.17, 15) is 9.59 Å². The number of ether oxygens (including phenoxy) is 1. The van der Waals surface area contributed by atoms with Crippen molar-refractivity contribution in [3.8, 4) is 5.75 Å². The fraction of sp³-hybridized carbons (Fsp3) is 0.111. The Morgan fingerprint density at radius 3 is 2.80 bits per heavy atom. The monoisotopic (exact) mass is 421 g/mol. The van der Waals surface area contributed by atoms with Crippen molar-refractivity contribution >= 4 is 50.1 Å². The summed E-state index contributed by atoms with van der Waals surface area (Å²) >= 11 is 9.34. The molecule has 0 fully saturated rings. The smallest absolute Gasteiger partial charge is 0.336 e. The Labute approximate surface area is 156 Å². The first-order valence-corrected chi connectivity index (χ1v) is 8.52. The van der Waals surface area contributed by atoms with Crippen molar-refractivity contribution in [3.05, 3.63) is 67.9 Å². The zero-order valence-electron chi connectivity index (χ0n) is 13.1.